The molecule has 36 heavy (non-hydrogen) atoms. The highest BCUT2D eigenvalue weighted by Gasteiger charge is 2.46. The molecule has 0 radical (unpaired) electrons. The van der Waals surface area contributed by atoms with E-state index in [0.717, 1.165) is 17.3 Å². The molecule has 0 aliphatic carbocycles. The number of rotatable bonds is 6. The average molecular weight is 542 g/mol. The van der Waals surface area contributed by atoms with Gasteiger partial charge in [-0.05, 0) is 24.5 Å². The summed E-state index contributed by atoms with van der Waals surface area (Å²) >= 11 is 6.43. The Bertz CT molecular complexity index is 1410. The van der Waals surface area contributed by atoms with Crippen molar-refractivity contribution >= 4 is 67.1 Å². The summed E-state index contributed by atoms with van der Waals surface area (Å²) < 4.78 is 24.2. The van der Waals surface area contributed by atoms with Crippen LogP contribution in [-0.4, -0.2) is 66.0 Å². The van der Waals surface area contributed by atoms with Gasteiger partial charge in [-0.1, -0.05) is 72.5 Å². The van der Waals surface area contributed by atoms with Crippen LogP contribution in [0.15, 0.2) is 59.5 Å². The van der Waals surface area contributed by atoms with Gasteiger partial charge in [0.1, 0.15) is 10.9 Å². The summed E-state index contributed by atoms with van der Waals surface area (Å²) in [5, 5.41) is 2.85. The normalized spacial score (nSPS) is 22.9. The fourth-order valence-electron chi connectivity index (χ4n) is 4.67. The van der Waals surface area contributed by atoms with Gasteiger partial charge in [-0.15, -0.1) is 0 Å². The standard InChI is InChI=1S/C25H23N3O5S3/c29-20(26-12-10-16-6-2-1-3-7-16)14-27-19-9-5-4-8-18(19)21(23(27)30)22-24(31)28(25(34)35-22)17-11-13-36(32,33)15-17/h1-9,17H,10-15H2,(H,26,29)/b22-21-. The summed E-state index contributed by atoms with van der Waals surface area (Å²) in [5.74, 6) is -1.34. The smallest absolute Gasteiger partial charge is 0.267 e. The van der Waals surface area contributed by atoms with Crippen molar-refractivity contribution in [1.82, 2.24) is 10.2 Å². The first-order chi connectivity index (χ1) is 17.2. The molecule has 1 unspecified atom stereocenters. The largest absolute Gasteiger partial charge is 0.354 e. The second-order valence-electron chi connectivity index (χ2n) is 8.80. The van der Waals surface area contributed by atoms with Crippen LogP contribution in [0.25, 0.3) is 5.57 Å². The van der Waals surface area contributed by atoms with Crippen molar-refractivity contribution in [3.8, 4) is 0 Å². The van der Waals surface area contributed by atoms with Gasteiger partial charge in [-0.2, -0.15) is 0 Å². The molecule has 0 spiro atoms. The number of benzene rings is 2. The summed E-state index contributed by atoms with van der Waals surface area (Å²) in [5.41, 5.74) is 2.40. The molecule has 5 rings (SSSR count). The second kappa shape index (κ2) is 9.79. The number of fused-ring (bicyclic) bond motifs is 1. The third-order valence-electron chi connectivity index (χ3n) is 6.40. The zero-order valence-corrected chi connectivity index (χ0v) is 21.6. The van der Waals surface area contributed by atoms with E-state index < -0.39 is 27.7 Å². The monoisotopic (exact) mass is 541 g/mol. The minimum absolute atomic E-state index is 0.00948. The average Bonchev–Trinajstić information content (AvgIpc) is 3.44. The van der Waals surface area contributed by atoms with Gasteiger partial charge in [-0.25, -0.2) is 8.42 Å². The maximum Gasteiger partial charge on any atom is 0.267 e. The Labute approximate surface area is 218 Å². The lowest BCUT2D eigenvalue weighted by atomic mass is 10.1. The van der Waals surface area contributed by atoms with Gasteiger partial charge in [0, 0.05) is 12.1 Å². The highest BCUT2D eigenvalue weighted by Crippen LogP contribution is 2.45. The third kappa shape index (κ3) is 4.70. The lowest BCUT2D eigenvalue weighted by Crippen LogP contribution is -2.40. The lowest BCUT2D eigenvalue weighted by Gasteiger charge is -2.21. The molecule has 3 heterocycles. The van der Waals surface area contributed by atoms with Gasteiger partial charge in [0.2, 0.25) is 5.91 Å². The molecular formula is C25H23N3O5S3. The molecule has 3 aliphatic heterocycles. The van der Waals surface area contributed by atoms with E-state index in [9.17, 15) is 22.8 Å². The SMILES string of the molecule is O=C(CN1C(=O)/C(=C2\SC(=S)N(C3CCS(=O)(=O)C3)C2=O)c2ccccc21)NCCc1ccccc1. The van der Waals surface area contributed by atoms with Crippen molar-refractivity contribution in [3.05, 3.63) is 70.6 Å². The van der Waals surface area contributed by atoms with Crippen LogP contribution in [-0.2, 0) is 30.6 Å². The first kappa shape index (κ1) is 24.7. The van der Waals surface area contributed by atoms with Gasteiger partial charge >= 0.3 is 0 Å². The van der Waals surface area contributed by atoms with Crippen molar-refractivity contribution < 1.29 is 22.8 Å². The molecule has 2 fully saturated rings. The third-order valence-corrected chi connectivity index (χ3v) is 9.55. The first-order valence-electron chi connectivity index (χ1n) is 11.5. The minimum atomic E-state index is -3.22. The Kier molecular flexibility index (Phi) is 6.71. The van der Waals surface area contributed by atoms with Gasteiger partial charge in [0.25, 0.3) is 11.8 Å². The molecule has 2 aromatic carbocycles. The molecule has 0 bridgehead atoms. The molecule has 1 N–H and O–H groups in total. The van der Waals surface area contributed by atoms with E-state index in [0.29, 0.717) is 30.6 Å². The van der Waals surface area contributed by atoms with Crippen LogP contribution in [0, 0.1) is 0 Å². The van der Waals surface area contributed by atoms with Gasteiger partial charge < -0.3 is 5.32 Å². The first-order valence-corrected chi connectivity index (χ1v) is 14.5. The van der Waals surface area contributed by atoms with E-state index in [1.54, 1.807) is 24.3 Å². The number of amides is 3. The van der Waals surface area contributed by atoms with Crippen LogP contribution >= 0.6 is 24.0 Å². The lowest BCUT2D eigenvalue weighted by molar-refractivity contribution is -0.123. The number of para-hydroxylation sites is 1. The van der Waals surface area contributed by atoms with E-state index in [2.05, 4.69) is 5.32 Å². The second-order valence-corrected chi connectivity index (χ2v) is 12.7. The van der Waals surface area contributed by atoms with Crippen molar-refractivity contribution in [2.24, 2.45) is 0 Å². The molecule has 8 nitrogen and oxygen atoms in total. The van der Waals surface area contributed by atoms with Gasteiger partial charge in [-0.3, -0.25) is 24.2 Å². The molecule has 3 aliphatic rings. The van der Waals surface area contributed by atoms with E-state index >= 15 is 0 Å². The van der Waals surface area contributed by atoms with Crippen molar-refractivity contribution in [3.63, 3.8) is 0 Å². The summed E-state index contributed by atoms with van der Waals surface area (Å²) in [6.45, 7) is 0.248. The number of carbonyl (C=O) groups is 3. The molecule has 3 amide bonds. The zero-order chi connectivity index (χ0) is 25.4. The molecule has 0 saturated carbocycles. The van der Waals surface area contributed by atoms with E-state index in [1.165, 1.54) is 9.80 Å². The Morgan fingerprint density at radius 3 is 2.50 bits per heavy atom. The minimum Gasteiger partial charge on any atom is -0.354 e. The Hall–Kier alpha value is -3.02. The zero-order valence-electron chi connectivity index (χ0n) is 19.2. The predicted molar refractivity (Wildman–Crippen MR) is 143 cm³/mol. The summed E-state index contributed by atoms with van der Waals surface area (Å²) in [7, 11) is -3.22. The number of nitrogens with zero attached hydrogens (tertiary/aromatic N) is 2. The van der Waals surface area contributed by atoms with Crippen LogP contribution in [0.5, 0.6) is 0 Å². The number of carbonyl (C=O) groups excluding carboxylic acids is 3. The number of thioether (sulfide) groups is 1. The molecule has 1 atom stereocenters. The van der Waals surface area contributed by atoms with Gasteiger partial charge in [0.15, 0.2) is 9.84 Å². The fourth-order valence-corrected chi connectivity index (χ4v) is 7.84. The van der Waals surface area contributed by atoms with E-state index in [4.69, 9.17) is 12.2 Å². The number of sulfone groups is 1. The predicted octanol–water partition coefficient (Wildman–Crippen LogP) is 2.15. The van der Waals surface area contributed by atoms with E-state index in [1.807, 2.05) is 30.3 Å². The molecule has 0 aromatic heterocycles. The van der Waals surface area contributed by atoms with E-state index in [-0.39, 0.29) is 38.8 Å². The number of thiocarbonyl (C=S) groups is 1. The van der Waals surface area contributed by atoms with Crippen LogP contribution in [0.2, 0.25) is 0 Å². The molecular weight excluding hydrogens is 518 g/mol. The molecule has 2 aromatic rings. The maximum atomic E-state index is 13.5. The fraction of sp³-hybridized carbons (Fsp3) is 0.280. The topological polar surface area (TPSA) is 104 Å². The Balaban J connectivity index is 1.36. The maximum absolute atomic E-state index is 13.5. The molecule has 11 heteroatoms. The molecule has 186 valence electrons. The van der Waals surface area contributed by atoms with Crippen LogP contribution in [0.1, 0.15) is 17.5 Å². The van der Waals surface area contributed by atoms with Crippen LogP contribution < -0.4 is 10.2 Å². The number of anilines is 1. The Morgan fingerprint density at radius 2 is 1.78 bits per heavy atom. The number of hydrogen-bond donors (Lipinski definition) is 1. The summed E-state index contributed by atoms with van der Waals surface area (Å²) in [4.78, 5) is 42.5. The van der Waals surface area contributed by atoms with Crippen molar-refractivity contribution in [2.75, 3.05) is 29.5 Å². The highest BCUT2D eigenvalue weighted by molar-refractivity contribution is 8.26. The Morgan fingerprint density at radius 1 is 1.06 bits per heavy atom. The van der Waals surface area contributed by atoms with Crippen LogP contribution in [0.3, 0.4) is 0 Å². The summed E-state index contributed by atoms with van der Waals surface area (Å²) in [6.07, 6.45) is 0.985. The summed E-state index contributed by atoms with van der Waals surface area (Å²) in [6, 6.07) is 16.2. The highest BCUT2D eigenvalue weighted by atomic mass is 32.2. The van der Waals surface area contributed by atoms with Gasteiger partial charge in [0.05, 0.1) is 33.7 Å². The van der Waals surface area contributed by atoms with Crippen molar-refractivity contribution in [1.29, 1.82) is 0 Å². The number of nitrogens with one attached hydrogen (secondary N) is 1. The number of hydrogen-bond acceptors (Lipinski definition) is 7. The van der Waals surface area contributed by atoms with Crippen molar-refractivity contribution in [2.45, 2.75) is 18.9 Å². The molecule has 2 saturated heterocycles. The van der Waals surface area contributed by atoms with Crippen LogP contribution in [0.4, 0.5) is 5.69 Å². The quantitative estimate of drug-likeness (QED) is 0.442.